The maximum atomic E-state index is 11.3. The second-order valence-corrected chi connectivity index (χ2v) is 7.92. The Bertz CT molecular complexity index is 358. The molecular weight excluding hydrogens is 272 g/mol. The van der Waals surface area contributed by atoms with Crippen LogP contribution in [-0.4, -0.2) is 69.6 Å². The molecule has 5 heteroatoms. The van der Waals surface area contributed by atoms with Crippen molar-refractivity contribution in [3.63, 3.8) is 0 Å². The molecule has 3 unspecified atom stereocenters. The van der Waals surface area contributed by atoms with Gasteiger partial charge in [-0.2, -0.15) is 11.8 Å². The van der Waals surface area contributed by atoms with Gasteiger partial charge in [-0.1, -0.05) is 6.92 Å². The summed E-state index contributed by atoms with van der Waals surface area (Å²) in [6.45, 7) is 5.65. The molecule has 114 valence electrons. The first-order valence-electron chi connectivity index (χ1n) is 8.01. The Morgan fingerprint density at radius 2 is 1.90 bits per heavy atom. The SMILES string of the molecule is CC1SCCC1N1CCC(N2CCCC2C(=O)O)CC1. The molecule has 0 saturated carbocycles. The summed E-state index contributed by atoms with van der Waals surface area (Å²) in [4.78, 5) is 16.2. The molecule has 3 fully saturated rings. The predicted octanol–water partition coefficient (Wildman–Crippen LogP) is 1.89. The Morgan fingerprint density at radius 3 is 2.50 bits per heavy atom. The molecule has 4 nitrogen and oxygen atoms in total. The van der Waals surface area contributed by atoms with E-state index in [0.717, 1.165) is 56.6 Å². The number of aliphatic carboxylic acids is 1. The minimum Gasteiger partial charge on any atom is -0.480 e. The van der Waals surface area contributed by atoms with Gasteiger partial charge in [0.25, 0.3) is 0 Å². The topological polar surface area (TPSA) is 43.8 Å². The number of likely N-dealkylation sites (tertiary alicyclic amines) is 2. The summed E-state index contributed by atoms with van der Waals surface area (Å²) in [5.41, 5.74) is 0. The van der Waals surface area contributed by atoms with Crippen LogP contribution in [0.3, 0.4) is 0 Å². The van der Waals surface area contributed by atoms with Crippen LogP contribution in [0.2, 0.25) is 0 Å². The molecule has 0 aliphatic carbocycles. The van der Waals surface area contributed by atoms with Crippen LogP contribution in [-0.2, 0) is 4.79 Å². The number of rotatable bonds is 3. The van der Waals surface area contributed by atoms with Crippen LogP contribution in [0.5, 0.6) is 0 Å². The van der Waals surface area contributed by atoms with E-state index in [2.05, 4.69) is 28.5 Å². The van der Waals surface area contributed by atoms with Gasteiger partial charge in [-0.3, -0.25) is 14.6 Å². The third kappa shape index (κ3) is 2.85. The molecule has 0 aromatic heterocycles. The second kappa shape index (κ2) is 6.24. The van der Waals surface area contributed by atoms with Gasteiger partial charge in [-0.15, -0.1) is 0 Å². The van der Waals surface area contributed by atoms with Crippen LogP contribution < -0.4 is 0 Å². The highest BCUT2D eigenvalue weighted by atomic mass is 32.2. The van der Waals surface area contributed by atoms with Gasteiger partial charge in [-0.05, 0) is 57.5 Å². The van der Waals surface area contributed by atoms with E-state index in [1.54, 1.807) is 0 Å². The summed E-state index contributed by atoms with van der Waals surface area (Å²) in [5.74, 6) is 0.685. The third-order valence-corrected chi connectivity index (χ3v) is 6.66. The fourth-order valence-corrected chi connectivity index (χ4v) is 5.52. The van der Waals surface area contributed by atoms with E-state index in [9.17, 15) is 9.90 Å². The molecule has 0 spiro atoms. The van der Waals surface area contributed by atoms with E-state index in [1.165, 1.54) is 12.2 Å². The van der Waals surface area contributed by atoms with Crippen molar-refractivity contribution in [2.45, 2.75) is 62.4 Å². The summed E-state index contributed by atoms with van der Waals surface area (Å²) < 4.78 is 0. The molecule has 1 N–H and O–H groups in total. The highest BCUT2D eigenvalue weighted by Gasteiger charge is 2.38. The third-order valence-electron chi connectivity index (χ3n) is 5.35. The number of carbonyl (C=O) groups is 1. The van der Waals surface area contributed by atoms with Crippen molar-refractivity contribution in [2.75, 3.05) is 25.4 Å². The van der Waals surface area contributed by atoms with Crippen molar-refractivity contribution in [3.8, 4) is 0 Å². The van der Waals surface area contributed by atoms with Gasteiger partial charge < -0.3 is 5.11 Å². The Hall–Kier alpha value is -0.260. The van der Waals surface area contributed by atoms with E-state index in [4.69, 9.17) is 0 Å². The molecule has 3 atom stereocenters. The van der Waals surface area contributed by atoms with Crippen LogP contribution >= 0.6 is 11.8 Å². The number of piperidine rings is 1. The van der Waals surface area contributed by atoms with Gasteiger partial charge in [0.15, 0.2) is 0 Å². The lowest BCUT2D eigenvalue weighted by Crippen LogP contribution is -2.51. The molecule has 3 saturated heterocycles. The van der Waals surface area contributed by atoms with Gasteiger partial charge in [-0.25, -0.2) is 0 Å². The number of carboxylic acid groups (broad SMARTS) is 1. The van der Waals surface area contributed by atoms with Gasteiger partial charge in [0.2, 0.25) is 0 Å². The zero-order valence-electron chi connectivity index (χ0n) is 12.3. The average molecular weight is 298 g/mol. The van der Waals surface area contributed by atoms with Crippen LogP contribution in [0.1, 0.15) is 39.0 Å². The molecule has 0 aromatic carbocycles. The second-order valence-electron chi connectivity index (χ2n) is 6.43. The molecular formula is C15H26N2O2S. The van der Waals surface area contributed by atoms with Crippen molar-refractivity contribution >= 4 is 17.7 Å². The van der Waals surface area contributed by atoms with Gasteiger partial charge in [0.1, 0.15) is 6.04 Å². The molecule has 3 heterocycles. The Balaban J connectivity index is 1.54. The first kappa shape index (κ1) is 14.7. The Labute approximate surface area is 125 Å². The van der Waals surface area contributed by atoms with Crippen LogP contribution in [0.25, 0.3) is 0 Å². The Kier molecular flexibility index (Phi) is 4.58. The lowest BCUT2D eigenvalue weighted by molar-refractivity contribution is -0.143. The maximum Gasteiger partial charge on any atom is 0.320 e. The van der Waals surface area contributed by atoms with Crippen LogP contribution in [0.4, 0.5) is 0 Å². The summed E-state index contributed by atoms with van der Waals surface area (Å²) in [7, 11) is 0. The minimum absolute atomic E-state index is 0.215. The van der Waals surface area contributed by atoms with Gasteiger partial charge in [0, 0.05) is 17.3 Å². The molecule has 0 amide bonds. The summed E-state index contributed by atoms with van der Waals surface area (Å²) >= 11 is 2.10. The van der Waals surface area contributed by atoms with E-state index in [-0.39, 0.29) is 6.04 Å². The summed E-state index contributed by atoms with van der Waals surface area (Å²) in [5, 5.41) is 10.1. The zero-order chi connectivity index (χ0) is 14.1. The van der Waals surface area contributed by atoms with Crippen molar-refractivity contribution in [2.24, 2.45) is 0 Å². The summed E-state index contributed by atoms with van der Waals surface area (Å²) in [6.07, 6.45) is 5.52. The first-order valence-corrected chi connectivity index (χ1v) is 9.06. The summed E-state index contributed by atoms with van der Waals surface area (Å²) in [6, 6.07) is 1.04. The number of thioether (sulfide) groups is 1. The molecule has 3 aliphatic rings. The largest absolute Gasteiger partial charge is 0.480 e. The zero-order valence-corrected chi connectivity index (χ0v) is 13.1. The minimum atomic E-state index is -0.620. The van der Waals surface area contributed by atoms with Crippen molar-refractivity contribution in [1.29, 1.82) is 0 Å². The van der Waals surface area contributed by atoms with Crippen LogP contribution in [0, 0.1) is 0 Å². The molecule has 0 aromatic rings. The van der Waals surface area contributed by atoms with Gasteiger partial charge >= 0.3 is 5.97 Å². The van der Waals surface area contributed by atoms with E-state index >= 15 is 0 Å². The predicted molar refractivity (Wildman–Crippen MR) is 82.3 cm³/mol. The lowest BCUT2D eigenvalue weighted by atomic mass is 9.99. The first-order chi connectivity index (χ1) is 9.66. The van der Waals surface area contributed by atoms with E-state index in [1.807, 2.05) is 0 Å². The fourth-order valence-electron chi connectivity index (χ4n) is 4.24. The quantitative estimate of drug-likeness (QED) is 0.862. The highest BCUT2D eigenvalue weighted by Crippen LogP contribution is 2.33. The number of nitrogens with zero attached hydrogens (tertiary/aromatic N) is 2. The lowest BCUT2D eigenvalue weighted by Gasteiger charge is -2.41. The van der Waals surface area contributed by atoms with Gasteiger partial charge in [0.05, 0.1) is 0 Å². The Morgan fingerprint density at radius 1 is 1.15 bits per heavy atom. The molecule has 0 radical (unpaired) electrons. The monoisotopic (exact) mass is 298 g/mol. The fraction of sp³-hybridized carbons (Fsp3) is 0.933. The van der Waals surface area contributed by atoms with Crippen molar-refractivity contribution < 1.29 is 9.90 Å². The standard InChI is InChI=1S/C15H26N2O2S/c1-11-13(6-10-20-11)16-8-4-12(5-9-16)17-7-2-3-14(17)15(18)19/h11-14H,2-10H2,1H3,(H,18,19). The number of carboxylic acids is 1. The molecule has 3 rings (SSSR count). The normalized spacial score (nSPS) is 37.5. The highest BCUT2D eigenvalue weighted by molar-refractivity contribution is 8.00. The van der Waals surface area contributed by atoms with Crippen molar-refractivity contribution in [3.05, 3.63) is 0 Å². The smallest absolute Gasteiger partial charge is 0.320 e. The number of hydrogen-bond acceptors (Lipinski definition) is 4. The molecule has 3 aliphatic heterocycles. The van der Waals surface area contributed by atoms with E-state index in [0.29, 0.717) is 6.04 Å². The number of hydrogen-bond donors (Lipinski definition) is 1. The van der Waals surface area contributed by atoms with Crippen molar-refractivity contribution in [1.82, 2.24) is 9.80 Å². The van der Waals surface area contributed by atoms with E-state index < -0.39 is 5.97 Å². The maximum absolute atomic E-state index is 11.3. The van der Waals surface area contributed by atoms with Crippen LogP contribution in [0.15, 0.2) is 0 Å². The average Bonchev–Trinajstić information content (AvgIpc) is 3.07. The molecule has 0 bridgehead atoms. The molecule has 20 heavy (non-hydrogen) atoms.